The largest absolute Gasteiger partial charge is 0.507 e. The molecule has 15 heteroatoms. The number of methoxy groups -OCH3 is 2. The Morgan fingerprint density at radius 2 is 0.697 bits per heavy atom. The van der Waals surface area contributed by atoms with Crippen LogP contribution in [-0.4, -0.2) is 59.1 Å². The zero-order chi connectivity index (χ0) is 47.3. The molecular formula is C51H38N4O11. The zero-order valence-corrected chi connectivity index (χ0v) is 35.3. The highest BCUT2D eigenvalue weighted by molar-refractivity contribution is 6.33. The number of carbonyl (C=O) groups excluding carboxylic acids is 6. The minimum absolute atomic E-state index is 0.00514. The summed E-state index contributed by atoms with van der Waals surface area (Å²) in [6, 6.07) is 30.8. The lowest BCUT2D eigenvalue weighted by molar-refractivity contribution is 0.0977. The van der Waals surface area contributed by atoms with E-state index in [0.717, 1.165) is 5.56 Å². The van der Waals surface area contributed by atoms with Gasteiger partial charge in [-0.3, -0.25) is 28.8 Å². The fourth-order valence-electron chi connectivity index (χ4n) is 8.03. The van der Waals surface area contributed by atoms with Crippen LogP contribution < -0.4 is 37.1 Å². The first-order valence-electron chi connectivity index (χ1n) is 20.0. The predicted molar refractivity (Wildman–Crippen MR) is 245 cm³/mol. The molecule has 0 fully saturated rings. The highest BCUT2D eigenvalue weighted by atomic mass is 16.5. The second-order valence-electron chi connectivity index (χ2n) is 15.2. The Kier molecular flexibility index (Phi) is 11.1. The molecule has 0 unspecified atom stereocenters. The molecule has 3 aliphatic rings. The van der Waals surface area contributed by atoms with Crippen LogP contribution in [-0.2, 0) is 0 Å². The van der Waals surface area contributed by atoms with Crippen LogP contribution in [0.15, 0.2) is 115 Å². The first-order valence-corrected chi connectivity index (χ1v) is 20.0. The van der Waals surface area contributed by atoms with Crippen molar-refractivity contribution < 1.29 is 53.2 Å². The first-order chi connectivity index (χ1) is 31.6. The van der Waals surface area contributed by atoms with Gasteiger partial charge in [0.25, 0.3) is 0 Å². The van der Waals surface area contributed by atoms with E-state index in [9.17, 15) is 39.0 Å². The molecule has 66 heavy (non-hydrogen) atoms. The Balaban J connectivity index is 0.000000136. The third-order valence-corrected chi connectivity index (χ3v) is 11.3. The number of phenolic OH excluding ortho intramolecular Hbond substituents is 2. The van der Waals surface area contributed by atoms with Crippen LogP contribution in [0.25, 0.3) is 0 Å². The highest BCUT2D eigenvalue weighted by Crippen LogP contribution is 2.44. The molecule has 0 atom stereocenters. The summed E-state index contributed by atoms with van der Waals surface area (Å²) < 4.78 is 15.8. The van der Waals surface area contributed by atoms with Crippen LogP contribution in [0.5, 0.6) is 34.5 Å². The third-order valence-electron chi connectivity index (χ3n) is 11.3. The van der Waals surface area contributed by atoms with Crippen LogP contribution in [0.4, 0.5) is 22.7 Å². The number of hydrogen-bond donors (Lipinski definition) is 6. The smallest absolute Gasteiger partial charge is 0.198 e. The van der Waals surface area contributed by atoms with Crippen molar-refractivity contribution >= 4 is 57.4 Å². The second kappa shape index (κ2) is 16.8. The normalized spacial score (nSPS) is 12.7. The summed E-state index contributed by atoms with van der Waals surface area (Å²) in [6.45, 7) is 1.95. The number of anilines is 4. The van der Waals surface area contributed by atoms with E-state index < -0.39 is 17.3 Å². The number of benzene rings is 7. The lowest BCUT2D eigenvalue weighted by atomic mass is 9.82. The van der Waals surface area contributed by atoms with Crippen LogP contribution in [0.1, 0.15) is 101 Å². The fraction of sp³-hybridized carbons (Fsp3) is 0.0588. The molecule has 0 saturated heterocycles. The lowest BCUT2D eigenvalue weighted by Crippen LogP contribution is -2.24. The Morgan fingerprint density at radius 1 is 0.394 bits per heavy atom. The molecule has 10 rings (SSSR count). The maximum atomic E-state index is 12.9. The number of nitrogens with two attached hydrogens (primary N) is 4. The van der Waals surface area contributed by atoms with Crippen molar-refractivity contribution in [1.29, 1.82) is 0 Å². The minimum Gasteiger partial charge on any atom is -0.507 e. The molecule has 0 heterocycles. The summed E-state index contributed by atoms with van der Waals surface area (Å²) in [5.41, 5.74) is 27.3. The van der Waals surface area contributed by atoms with E-state index in [1.54, 1.807) is 84.9 Å². The van der Waals surface area contributed by atoms with Crippen LogP contribution in [0.3, 0.4) is 0 Å². The van der Waals surface area contributed by atoms with E-state index in [1.807, 2.05) is 19.1 Å². The summed E-state index contributed by atoms with van der Waals surface area (Å²) in [5, 5.41) is 20.4. The van der Waals surface area contributed by atoms with Gasteiger partial charge in [0.1, 0.15) is 28.7 Å². The minimum atomic E-state index is -0.429. The molecule has 0 radical (unpaired) electrons. The molecule has 7 aromatic rings. The van der Waals surface area contributed by atoms with Crippen molar-refractivity contribution in [3.63, 3.8) is 0 Å². The zero-order valence-electron chi connectivity index (χ0n) is 35.3. The number of ether oxygens (including phenoxy) is 3. The van der Waals surface area contributed by atoms with Gasteiger partial charge in [-0.15, -0.1) is 0 Å². The van der Waals surface area contributed by atoms with Crippen molar-refractivity contribution in [1.82, 2.24) is 0 Å². The maximum Gasteiger partial charge on any atom is 0.198 e. The maximum absolute atomic E-state index is 12.9. The van der Waals surface area contributed by atoms with Crippen LogP contribution in [0.2, 0.25) is 0 Å². The number of phenols is 2. The Morgan fingerprint density at radius 3 is 1.08 bits per heavy atom. The average molecular weight is 883 g/mol. The van der Waals surface area contributed by atoms with Gasteiger partial charge in [-0.25, -0.2) is 0 Å². The number of ketones is 6. The van der Waals surface area contributed by atoms with E-state index in [-0.39, 0.29) is 119 Å². The average Bonchev–Trinajstić information content (AvgIpc) is 3.32. The summed E-state index contributed by atoms with van der Waals surface area (Å²) in [5.74, 6) is -1.77. The van der Waals surface area contributed by atoms with Gasteiger partial charge in [-0.05, 0) is 19.1 Å². The van der Waals surface area contributed by atoms with Crippen LogP contribution >= 0.6 is 0 Å². The number of fused-ring (bicyclic) bond motifs is 6. The van der Waals surface area contributed by atoms with Gasteiger partial charge in [-0.2, -0.15) is 0 Å². The quantitative estimate of drug-likeness (QED) is 0.0750. The predicted octanol–water partition coefficient (Wildman–Crippen LogP) is 7.24. The standard InChI is InChI=1S/C21H15NO4.C15H12N2O3.C15H11NO4/c1-11-6-8-12(9-7-11)26-16-10-15(23)17-18(19(16)22)21(25)14-5-3-2-4-13(14)20(17)24;1-20-10-6-9(16)11-12(13(10)17)15(19)8-5-3-2-4-7(8)14(11)18;1-20-10-6-9(17)11-12(13(10)16)15(19)8-5-3-2-4-7(8)14(11)18/h2-10,23H,22H2,1H3;2-6H,16-17H2,1H3;2-6,17H,16H2,1H3. The molecule has 10 N–H and O–H groups in total. The third kappa shape index (κ3) is 7.06. The van der Waals surface area contributed by atoms with Gasteiger partial charge in [0.2, 0.25) is 0 Å². The number of rotatable bonds is 4. The van der Waals surface area contributed by atoms with Gasteiger partial charge < -0.3 is 47.4 Å². The molecule has 328 valence electrons. The first kappa shape index (κ1) is 43.4. The molecule has 0 bridgehead atoms. The number of aromatic hydroxyl groups is 2. The Hall–Kier alpha value is -9.24. The second-order valence-corrected chi connectivity index (χ2v) is 15.2. The van der Waals surface area contributed by atoms with Gasteiger partial charge in [0.15, 0.2) is 40.4 Å². The molecule has 3 aliphatic carbocycles. The van der Waals surface area contributed by atoms with Gasteiger partial charge in [0, 0.05) is 57.3 Å². The molecule has 7 aromatic carbocycles. The van der Waals surface area contributed by atoms with E-state index in [0.29, 0.717) is 22.6 Å². The van der Waals surface area contributed by atoms with Crippen LogP contribution in [0, 0.1) is 6.92 Å². The molecule has 0 amide bonds. The van der Waals surface area contributed by atoms with E-state index >= 15 is 0 Å². The Labute approximate surface area is 375 Å². The van der Waals surface area contributed by atoms with Crippen molar-refractivity contribution in [2.75, 3.05) is 37.2 Å². The topological polar surface area (TPSA) is 275 Å². The summed E-state index contributed by atoms with van der Waals surface area (Å²) in [4.78, 5) is 75.6. The number of hydrogen-bond acceptors (Lipinski definition) is 15. The monoisotopic (exact) mass is 882 g/mol. The van der Waals surface area contributed by atoms with Crippen molar-refractivity contribution in [3.8, 4) is 34.5 Å². The van der Waals surface area contributed by atoms with E-state index in [2.05, 4.69) is 0 Å². The van der Waals surface area contributed by atoms with Gasteiger partial charge in [0.05, 0.1) is 64.7 Å². The van der Waals surface area contributed by atoms with E-state index in [4.69, 9.17) is 37.1 Å². The fourth-order valence-corrected chi connectivity index (χ4v) is 8.03. The lowest BCUT2D eigenvalue weighted by Gasteiger charge is -2.21. The summed E-state index contributed by atoms with van der Waals surface area (Å²) >= 11 is 0. The summed E-state index contributed by atoms with van der Waals surface area (Å²) in [6.07, 6.45) is 0. The molecule has 0 spiro atoms. The van der Waals surface area contributed by atoms with Gasteiger partial charge in [-0.1, -0.05) is 90.5 Å². The number of aryl methyl sites for hydroxylation is 1. The Bertz CT molecular complexity index is 3150. The number of carbonyl (C=O) groups is 6. The number of nitrogen functional groups attached to an aromatic ring is 4. The summed E-state index contributed by atoms with van der Waals surface area (Å²) in [7, 11) is 2.81. The van der Waals surface area contributed by atoms with E-state index in [1.165, 1.54) is 32.4 Å². The highest BCUT2D eigenvalue weighted by Gasteiger charge is 2.37. The van der Waals surface area contributed by atoms with Crippen molar-refractivity contribution in [3.05, 3.63) is 188 Å². The van der Waals surface area contributed by atoms with Crippen molar-refractivity contribution in [2.24, 2.45) is 0 Å². The molecule has 15 nitrogen and oxygen atoms in total. The molecule has 0 aliphatic heterocycles. The SMILES string of the molecule is COc1cc(N)c2c(c1N)C(=O)c1ccccc1C2=O.COc1cc(O)c2c(c1N)C(=O)c1ccccc1C2=O.Cc1ccc(Oc2cc(O)c3c(c2N)C(=O)c2ccccc2C3=O)cc1. The molecule has 0 saturated carbocycles. The van der Waals surface area contributed by atoms with Gasteiger partial charge >= 0.3 is 0 Å². The van der Waals surface area contributed by atoms with Crippen molar-refractivity contribution in [2.45, 2.75) is 6.92 Å². The molecule has 0 aromatic heterocycles. The molecular weight excluding hydrogens is 845 g/mol.